The van der Waals surface area contributed by atoms with Crippen molar-refractivity contribution in [3.63, 3.8) is 0 Å². The van der Waals surface area contributed by atoms with E-state index in [9.17, 15) is 0 Å². The highest BCUT2D eigenvalue weighted by Crippen LogP contribution is 2.19. The molecule has 1 aromatic rings. The molecule has 0 saturated heterocycles. The van der Waals surface area contributed by atoms with E-state index < -0.39 is 0 Å². The Balaban J connectivity index is 2.81. The molecule has 1 rings (SSSR count). The molecule has 1 atom stereocenters. The third-order valence-electron chi connectivity index (χ3n) is 3.10. The lowest BCUT2D eigenvalue weighted by atomic mass is 10.1. The predicted molar refractivity (Wildman–Crippen MR) is 84.8 cm³/mol. The van der Waals surface area contributed by atoms with Crippen molar-refractivity contribution in [2.24, 2.45) is 10.9 Å². The minimum absolute atomic E-state index is 0.0554. The molecule has 0 bridgehead atoms. The topological polar surface area (TPSA) is 79.9 Å². The van der Waals surface area contributed by atoms with Crippen LogP contribution in [-0.2, 0) is 6.54 Å². The monoisotopic (exact) mass is 297 g/mol. The maximum Gasteiger partial charge on any atom is 0.173 e. The number of thioether (sulfide) groups is 1. The van der Waals surface area contributed by atoms with Crippen LogP contribution in [0.4, 0.5) is 0 Å². The summed E-state index contributed by atoms with van der Waals surface area (Å²) in [7, 11) is 1.56. The summed E-state index contributed by atoms with van der Waals surface area (Å²) in [6, 6.07) is 6.18. The lowest BCUT2D eigenvalue weighted by Crippen LogP contribution is -2.30. The van der Waals surface area contributed by atoms with Gasteiger partial charge in [0.05, 0.1) is 12.7 Å². The number of amidine groups is 1. The summed E-state index contributed by atoms with van der Waals surface area (Å²) in [5.41, 5.74) is 7.35. The first-order chi connectivity index (χ1) is 9.65. The Morgan fingerprint density at radius 2 is 2.30 bits per heavy atom. The van der Waals surface area contributed by atoms with Gasteiger partial charge in [0.25, 0.3) is 0 Å². The average molecular weight is 297 g/mol. The van der Waals surface area contributed by atoms with Crippen LogP contribution in [0.5, 0.6) is 5.75 Å². The first-order valence-corrected chi connectivity index (χ1v) is 7.92. The van der Waals surface area contributed by atoms with Gasteiger partial charge >= 0.3 is 0 Å². The van der Waals surface area contributed by atoms with Crippen LogP contribution in [0.25, 0.3) is 0 Å². The van der Waals surface area contributed by atoms with E-state index in [4.69, 9.17) is 15.7 Å². The van der Waals surface area contributed by atoms with Crippen LogP contribution >= 0.6 is 11.8 Å². The summed E-state index contributed by atoms with van der Waals surface area (Å²) in [5.74, 6) is 1.74. The van der Waals surface area contributed by atoms with Gasteiger partial charge in [-0.15, -0.1) is 0 Å². The largest absolute Gasteiger partial charge is 0.496 e. The molecule has 0 saturated carbocycles. The highest BCUT2D eigenvalue weighted by atomic mass is 32.2. The first kappa shape index (κ1) is 16.7. The summed E-state index contributed by atoms with van der Waals surface area (Å²) in [6.45, 7) is 2.92. The summed E-state index contributed by atoms with van der Waals surface area (Å²) in [5, 5.41) is 15.4. The molecule has 0 aromatic heterocycles. The molecule has 0 radical (unpaired) electrons. The smallest absolute Gasteiger partial charge is 0.173 e. The third kappa shape index (κ3) is 4.61. The highest BCUT2D eigenvalue weighted by molar-refractivity contribution is 7.98. The molecule has 0 spiro atoms. The van der Waals surface area contributed by atoms with Crippen LogP contribution in [0.3, 0.4) is 0 Å². The molecule has 1 aromatic carbocycles. The number of ether oxygens (including phenoxy) is 1. The van der Waals surface area contributed by atoms with E-state index in [2.05, 4.69) is 23.7 Å². The van der Waals surface area contributed by atoms with Crippen LogP contribution in [0.2, 0.25) is 0 Å². The lowest BCUT2D eigenvalue weighted by Gasteiger charge is -2.16. The quantitative estimate of drug-likeness (QED) is 0.296. The molecule has 0 amide bonds. The molecule has 0 aliphatic rings. The van der Waals surface area contributed by atoms with Gasteiger partial charge < -0.3 is 21.0 Å². The fraction of sp³-hybridized carbons (Fsp3) is 0.500. The van der Waals surface area contributed by atoms with Gasteiger partial charge in [-0.25, -0.2) is 0 Å². The van der Waals surface area contributed by atoms with E-state index in [1.54, 1.807) is 7.11 Å². The number of hydrogen-bond acceptors (Lipinski definition) is 5. The second-order valence-corrected chi connectivity index (χ2v) is 5.37. The molecule has 0 aliphatic heterocycles. The minimum Gasteiger partial charge on any atom is -0.496 e. The zero-order chi connectivity index (χ0) is 15.0. The Bertz CT molecular complexity index is 452. The summed E-state index contributed by atoms with van der Waals surface area (Å²) >= 11 is 1.83. The van der Waals surface area contributed by atoms with Crippen molar-refractivity contribution in [2.45, 2.75) is 25.9 Å². The van der Waals surface area contributed by atoms with Crippen LogP contribution in [0.15, 0.2) is 23.4 Å². The lowest BCUT2D eigenvalue weighted by molar-refractivity contribution is 0.318. The van der Waals surface area contributed by atoms with Crippen molar-refractivity contribution in [1.29, 1.82) is 0 Å². The normalized spacial score (nSPS) is 13.2. The van der Waals surface area contributed by atoms with Gasteiger partial charge in [-0.05, 0) is 30.4 Å². The molecule has 0 heterocycles. The van der Waals surface area contributed by atoms with Gasteiger partial charge in [0.1, 0.15) is 5.75 Å². The van der Waals surface area contributed by atoms with Gasteiger partial charge in [-0.3, -0.25) is 0 Å². The van der Waals surface area contributed by atoms with Crippen molar-refractivity contribution in [1.82, 2.24) is 5.32 Å². The molecule has 0 aliphatic carbocycles. The number of benzene rings is 1. The maximum atomic E-state index is 8.81. The molecule has 20 heavy (non-hydrogen) atoms. The van der Waals surface area contributed by atoms with E-state index in [0.717, 1.165) is 24.3 Å². The Morgan fingerprint density at radius 1 is 1.55 bits per heavy atom. The summed E-state index contributed by atoms with van der Waals surface area (Å²) in [6.07, 6.45) is 3.19. The van der Waals surface area contributed by atoms with Gasteiger partial charge in [0.2, 0.25) is 0 Å². The van der Waals surface area contributed by atoms with Crippen LogP contribution in [0, 0.1) is 0 Å². The predicted octanol–water partition coefficient (Wildman–Crippen LogP) is 2.02. The van der Waals surface area contributed by atoms with Gasteiger partial charge in [0.15, 0.2) is 5.84 Å². The zero-order valence-electron chi connectivity index (χ0n) is 12.2. The minimum atomic E-state index is 0.0554. The number of nitrogens with zero attached hydrogens (tertiary/aromatic N) is 1. The number of hydrogen-bond donors (Lipinski definition) is 3. The third-order valence-corrected chi connectivity index (χ3v) is 3.84. The molecular formula is C14H23N3O2S. The van der Waals surface area contributed by atoms with Crippen molar-refractivity contribution in [3.8, 4) is 5.75 Å². The van der Waals surface area contributed by atoms with Crippen molar-refractivity contribution >= 4 is 17.6 Å². The standard InChI is InChI=1S/C14H23N3O2S/c1-4-11(9-20-3)16-8-10-5-6-13(19-2)12(7-10)14(15)17-18/h5-7,11,16,18H,4,8-9H2,1-3H3,(H2,15,17). The van der Waals surface area contributed by atoms with Crippen molar-refractivity contribution < 1.29 is 9.94 Å². The van der Waals surface area contributed by atoms with E-state index in [0.29, 0.717) is 17.4 Å². The van der Waals surface area contributed by atoms with Crippen LogP contribution in [-0.4, -0.2) is 36.2 Å². The Morgan fingerprint density at radius 3 is 2.85 bits per heavy atom. The fourth-order valence-electron chi connectivity index (χ4n) is 1.90. The van der Waals surface area contributed by atoms with Crippen molar-refractivity contribution in [2.75, 3.05) is 19.1 Å². The molecule has 1 unspecified atom stereocenters. The van der Waals surface area contributed by atoms with Gasteiger partial charge in [-0.2, -0.15) is 11.8 Å². The van der Waals surface area contributed by atoms with E-state index in [-0.39, 0.29) is 5.84 Å². The SMILES string of the molecule is CCC(CSC)NCc1ccc(OC)c(/C(N)=N/O)c1. The van der Waals surface area contributed by atoms with Crippen molar-refractivity contribution in [3.05, 3.63) is 29.3 Å². The molecule has 112 valence electrons. The molecule has 5 nitrogen and oxygen atoms in total. The zero-order valence-corrected chi connectivity index (χ0v) is 13.0. The summed E-state index contributed by atoms with van der Waals surface area (Å²) in [4.78, 5) is 0. The number of nitrogens with two attached hydrogens (primary N) is 1. The van der Waals surface area contributed by atoms with Gasteiger partial charge in [-0.1, -0.05) is 18.1 Å². The number of rotatable bonds is 8. The fourth-order valence-corrected chi connectivity index (χ4v) is 2.66. The number of nitrogens with one attached hydrogen (secondary N) is 1. The second kappa shape index (κ2) is 8.71. The highest BCUT2D eigenvalue weighted by Gasteiger charge is 2.10. The van der Waals surface area contributed by atoms with E-state index >= 15 is 0 Å². The molecule has 6 heteroatoms. The van der Waals surface area contributed by atoms with E-state index in [1.165, 1.54) is 0 Å². The molecule has 4 N–H and O–H groups in total. The van der Waals surface area contributed by atoms with E-state index in [1.807, 2.05) is 30.0 Å². The van der Waals surface area contributed by atoms with Crippen LogP contribution in [0.1, 0.15) is 24.5 Å². The number of methoxy groups -OCH3 is 1. The Labute approximate surface area is 124 Å². The van der Waals surface area contributed by atoms with Gasteiger partial charge in [0, 0.05) is 18.3 Å². The first-order valence-electron chi connectivity index (χ1n) is 6.53. The van der Waals surface area contributed by atoms with Crippen LogP contribution < -0.4 is 15.8 Å². The summed E-state index contributed by atoms with van der Waals surface area (Å²) < 4.78 is 5.21. The molecule has 0 fully saturated rings. The Hall–Kier alpha value is -1.40. The maximum absolute atomic E-state index is 8.81. The Kier molecular flexibility index (Phi) is 7.25. The molecular weight excluding hydrogens is 274 g/mol. The average Bonchev–Trinajstić information content (AvgIpc) is 2.50. The number of oxime groups is 1. The second-order valence-electron chi connectivity index (χ2n) is 4.46.